The molecule has 3 rings (SSSR count). The van der Waals surface area contributed by atoms with Crippen LogP contribution in [0.15, 0.2) is 53.6 Å². The van der Waals surface area contributed by atoms with Crippen molar-refractivity contribution in [3.63, 3.8) is 0 Å². The van der Waals surface area contributed by atoms with Crippen LogP contribution in [-0.2, 0) is 10.0 Å². The van der Waals surface area contributed by atoms with Gasteiger partial charge in [-0.1, -0.05) is 13.8 Å². The fraction of sp³-hybridized carbons (Fsp3) is 0.364. The van der Waals surface area contributed by atoms with Gasteiger partial charge in [-0.3, -0.25) is 4.31 Å². The van der Waals surface area contributed by atoms with E-state index in [1.165, 1.54) is 24.6 Å². The predicted molar refractivity (Wildman–Crippen MR) is 116 cm³/mol. The lowest BCUT2D eigenvalue weighted by molar-refractivity contribution is 0.354. The molecule has 0 aliphatic heterocycles. The number of sulfonamides is 1. The van der Waals surface area contributed by atoms with Gasteiger partial charge in [0.15, 0.2) is 11.5 Å². The van der Waals surface area contributed by atoms with E-state index in [0.717, 1.165) is 17.3 Å². The minimum absolute atomic E-state index is 0.167. The summed E-state index contributed by atoms with van der Waals surface area (Å²) < 4.78 is 39.5. The number of H-pyrrole nitrogens is 1. The normalized spacial score (nSPS) is 12.9. The van der Waals surface area contributed by atoms with Gasteiger partial charge in [0.2, 0.25) is 0 Å². The number of anilines is 1. The van der Waals surface area contributed by atoms with E-state index in [2.05, 4.69) is 18.8 Å². The van der Waals surface area contributed by atoms with Crippen LogP contribution in [0, 0.1) is 5.92 Å². The molecule has 1 aromatic heterocycles. The Hall–Kier alpha value is -2.67. The lowest BCUT2D eigenvalue weighted by Gasteiger charge is -2.32. The summed E-state index contributed by atoms with van der Waals surface area (Å²) in [6, 6.07) is 12.1. The van der Waals surface area contributed by atoms with Crippen LogP contribution in [0.2, 0.25) is 0 Å². The first-order chi connectivity index (χ1) is 13.8. The lowest BCUT2D eigenvalue weighted by Crippen LogP contribution is -2.39. The van der Waals surface area contributed by atoms with Gasteiger partial charge in [-0.05, 0) is 55.7 Å². The minimum Gasteiger partial charge on any atom is -0.493 e. The van der Waals surface area contributed by atoms with Crippen molar-refractivity contribution < 1.29 is 17.9 Å². The van der Waals surface area contributed by atoms with Crippen LogP contribution < -0.4 is 13.8 Å². The van der Waals surface area contributed by atoms with Crippen LogP contribution in [-0.4, -0.2) is 33.7 Å². The zero-order valence-electron chi connectivity index (χ0n) is 17.5. The van der Waals surface area contributed by atoms with Crippen molar-refractivity contribution in [1.82, 2.24) is 4.98 Å². The monoisotopic (exact) mass is 416 g/mol. The molecule has 0 aliphatic rings. The molecule has 3 aromatic rings. The summed E-state index contributed by atoms with van der Waals surface area (Å²) in [5.41, 5.74) is 1.61. The number of aromatic nitrogens is 1. The average Bonchev–Trinajstić information content (AvgIpc) is 3.14. The maximum atomic E-state index is 13.7. The highest BCUT2D eigenvalue weighted by molar-refractivity contribution is 7.92. The van der Waals surface area contributed by atoms with Crippen LogP contribution in [0.3, 0.4) is 0 Å². The van der Waals surface area contributed by atoms with Crippen molar-refractivity contribution in [2.75, 3.05) is 18.5 Å². The molecule has 0 aliphatic carbocycles. The van der Waals surface area contributed by atoms with Crippen LogP contribution in [0.1, 0.15) is 27.2 Å². The second-order valence-corrected chi connectivity index (χ2v) is 9.36. The van der Waals surface area contributed by atoms with Crippen molar-refractivity contribution in [3.05, 3.63) is 48.7 Å². The average molecular weight is 417 g/mol. The minimum atomic E-state index is -3.82. The third kappa shape index (κ3) is 4.19. The maximum absolute atomic E-state index is 13.7. The molecule has 0 saturated heterocycles. The van der Waals surface area contributed by atoms with Gasteiger partial charge in [-0.25, -0.2) is 8.42 Å². The maximum Gasteiger partial charge on any atom is 0.264 e. The highest BCUT2D eigenvalue weighted by Gasteiger charge is 2.31. The molecule has 1 N–H and O–H groups in total. The number of nitrogens with zero attached hydrogens (tertiary/aromatic N) is 1. The fourth-order valence-electron chi connectivity index (χ4n) is 3.68. The molecule has 0 unspecified atom stereocenters. The SMILES string of the molecule is COc1ccc(S(=O)(=O)N(c2ccc3[nH]ccc3c2)[C@@H](C)CC(C)C)cc1OC. The third-order valence-corrected chi connectivity index (χ3v) is 6.85. The van der Waals surface area contributed by atoms with Crippen molar-refractivity contribution in [1.29, 1.82) is 0 Å². The van der Waals surface area contributed by atoms with Gasteiger partial charge >= 0.3 is 0 Å². The Bertz CT molecular complexity index is 1090. The van der Waals surface area contributed by atoms with E-state index in [1.807, 2.05) is 37.4 Å². The van der Waals surface area contributed by atoms with Crippen LogP contribution in [0.4, 0.5) is 5.69 Å². The molecule has 1 atom stereocenters. The Morgan fingerprint density at radius 3 is 2.34 bits per heavy atom. The highest BCUT2D eigenvalue weighted by atomic mass is 32.2. The summed E-state index contributed by atoms with van der Waals surface area (Å²) in [7, 11) is -0.804. The van der Waals surface area contributed by atoms with Crippen molar-refractivity contribution >= 4 is 26.6 Å². The van der Waals surface area contributed by atoms with Gasteiger partial charge in [0, 0.05) is 29.2 Å². The van der Waals surface area contributed by atoms with E-state index < -0.39 is 10.0 Å². The molecule has 6 nitrogen and oxygen atoms in total. The van der Waals surface area contributed by atoms with Gasteiger partial charge in [-0.15, -0.1) is 0 Å². The molecule has 0 radical (unpaired) electrons. The number of rotatable bonds is 8. The molecule has 2 aromatic carbocycles. The van der Waals surface area contributed by atoms with E-state index in [0.29, 0.717) is 23.1 Å². The topological polar surface area (TPSA) is 71.6 Å². The van der Waals surface area contributed by atoms with Crippen LogP contribution in [0.25, 0.3) is 10.9 Å². The van der Waals surface area contributed by atoms with E-state index in [-0.39, 0.29) is 10.9 Å². The Morgan fingerprint density at radius 2 is 1.69 bits per heavy atom. The second-order valence-electron chi connectivity index (χ2n) is 7.55. The van der Waals surface area contributed by atoms with E-state index >= 15 is 0 Å². The van der Waals surface area contributed by atoms with E-state index in [1.54, 1.807) is 12.1 Å². The lowest BCUT2D eigenvalue weighted by atomic mass is 10.0. The molecular weight excluding hydrogens is 388 g/mol. The quantitative estimate of drug-likeness (QED) is 0.572. The molecule has 1 heterocycles. The van der Waals surface area contributed by atoms with Gasteiger partial charge in [0.1, 0.15) is 0 Å². The number of nitrogens with one attached hydrogen (secondary N) is 1. The number of hydrogen-bond acceptors (Lipinski definition) is 4. The summed E-state index contributed by atoms with van der Waals surface area (Å²) >= 11 is 0. The summed E-state index contributed by atoms with van der Waals surface area (Å²) in [5, 5.41) is 0.965. The molecule has 29 heavy (non-hydrogen) atoms. The summed E-state index contributed by atoms with van der Waals surface area (Å²) in [4.78, 5) is 3.31. The van der Waals surface area contributed by atoms with Crippen LogP contribution >= 0.6 is 0 Å². The summed E-state index contributed by atoms with van der Waals surface area (Å²) in [5.74, 6) is 1.22. The van der Waals surface area contributed by atoms with Gasteiger partial charge < -0.3 is 14.5 Å². The summed E-state index contributed by atoms with van der Waals surface area (Å²) in [6.45, 7) is 6.12. The third-order valence-electron chi connectivity index (χ3n) is 4.92. The number of methoxy groups -OCH3 is 2. The first kappa shape index (κ1) is 21.0. The molecule has 0 amide bonds. The molecule has 0 saturated carbocycles. The van der Waals surface area contributed by atoms with E-state index in [4.69, 9.17) is 9.47 Å². The number of benzene rings is 2. The molecule has 156 valence electrons. The first-order valence-corrected chi connectivity index (χ1v) is 11.1. The second kappa shape index (κ2) is 8.37. The smallest absolute Gasteiger partial charge is 0.264 e. The highest BCUT2D eigenvalue weighted by Crippen LogP contribution is 2.34. The zero-order chi connectivity index (χ0) is 21.2. The van der Waals surface area contributed by atoms with Crippen molar-refractivity contribution in [3.8, 4) is 11.5 Å². The number of hydrogen-bond donors (Lipinski definition) is 1. The molecular formula is C22H28N2O4S. The Labute approximate surface area is 172 Å². The number of aromatic amines is 1. The summed E-state index contributed by atoms with van der Waals surface area (Å²) in [6.07, 6.45) is 2.58. The molecule has 7 heteroatoms. The molecule has 0 spiro atoms. The predicted octanol–water partition coefficient (Wildman–Crippen LogP) is 4.82. The Morgan fingerprint density at radius 1 is 0.966 bits per heavy atom. The standard InChI is InChI=1S/C22H28N2O4S/c1-15(2)12-16(3)24(18-6-8-20-17(13-18)10-11-23-20)29(25,26)19-7-9-21(27-4)22(14-19)28-5/h6-11,13-16,23H,12H2,1-5H3/t16-/m0/s1. The van der Waals surface area contributed by atoms with Crippen molar-refractivity contribution in [2.45, 2.75) is 38.1 Å². The van der Waals surface area contributed by atoms with Crippen molar-refractivity contribution in [2.24, 2.45) is 5.92 Å². The first-order valence-electron chi connectivity index (χ1n) is 9.61. The molecule has 0 fully saturated rings. The fourth-order valence-corrected chi connectivity index (χ4v) is 5.35. The number of fused-ring (bicyclic) bond motifs is 1. The number of ether oxygens (including phenoxy) is 2. The zero-order valence-corrected chi connectivity index (χ0v) is 18.3. The van der Waals surface area contributed by atoms with Gasteiger partial charge in [0.25, 0.3) is 10.0 Å². The molecule has 0 bridgehead atoms. The van der Waals surface area contributed by atoms with Gasteiger partial charge in [-0.2, -0.15) is 0 Å². The Balaban J connectivity index is 2.13. The van der Waals surface area contributed by atoms with Gasteiger partial charge in [0.05, 0.1) is 24.8 Å². The van der Waals surface area contributed by atoms with Crippen LogP contribution in [0.5, 0.6) is 11.5 Å². The van der Waals surface area contributed by atoms with E-state index in [9.17, 15) is 8.42 Å². The Kier molecular flexibility index (Phi) is 6.07. The largest absolute Gasteiger partial charge is 0.493 e.